The van der Waals surface area contributed by atoms with Crippen LogP contribution in [0.5, 0.6) is 5.75 Å². The zero-order valence-electron chi connectivity index (χ0n) is 12.8. The molecule has 0 amide bonds. The van der Waals surface area contributed by atoms with Crippen LogP contribution in [0.1, 0.15) is 6.42 Å². The van der Waals surface area contributed by atoms with Crippen molar-refractivity contribution in [2.45, 2.75) is 18.6 Å². The summed E-state index contributed by atoms with van der Waals surface area (Å²) < 4.78 is 10.7. The largest absolute Gasteiger partial charge is 0.487 e. The Morgan fingerprint density at radius 3 is 2.65 bits per heavy atom. The van der Waals surface area contributed by atoms with E-state index in [4.69, 9.17) is 21.1 Å². The monoisotopic (exact) mass is 331 g/mol. The molecule has 2 unspecified atom stereocenters. The molecule has 120 valence electrons. The molecule has 1 saturated heterocycles. The van der Waals surface area contributed by atoms with E-state index in [9.17, 15) is 4.79 Å². The van der Waals surface area contributed by atoms with Crippen LogP contribution in [0.3, 0.4) is 0 Å². The molecule has 0 spiro atoms. The molecule has 1 N–H and O–H groups in total. The number of rotatable bonds is 4. The van der Waals surface area contributed by atoms with Crippen molar-refractivity contribution in [3.63, 3.8) is 0 Å². The highest BCUT2D eigenvalue weighted by molar-refractivity contribution is 6.32. The van der Waals surface area contributed by atoms with E-state index >= 15 is 0 Å². The molecule has 0 aromatic heterocycles. The molecule has 2 atom stereocenters. The van der Waals surface area contributed by atoms with Gasteiger partial charge in [0.25, 0.3) is 0 Å². The van der Waals surface area contributed by atoms with Crippen molar-refractivity contribution in [2.75, 3.05) is 13.7 Å². The summed E-state index contributed by atoms with van der Waals surface area (Å²) in [6.07, 6.45) is 0.475. The Hall–Kier alpha value is -2.04. The summed E-state index contributed by atoms with van der Waals surface area (Å²) in [6.45, 7) is 0.594. The van der Waals surface area contributed by atoms with E-state index in [-0.39, 0.29) is 18.1 Å². The molecule has 1 fully saturated rings. The molecular weight excluding hydrogens is 314 g/mol. The number of carbonyl (C=O) groups is 1. The van der Waals surface area contributed by atoms with Gasteiger partial charge in [0.1, 0.15) is 17.9 Å². The van der Waals surface area contributed by atoms with Crippen LogP contribution >= 0.6 is 11.6 Å². The predicted molar refractivity (Wildman–Crippen MR) is 89.7 cm³/mol. The number of nitrogens with one attached hydrogen (secondary N) is 1. The van der Waals surface area contributed by atoms with Crippen LogP contribution < -0.4 is 10.1 Å². The fourth-order valence-electron chi connectivity index (χ4n) is 2.70. The first kappa shape index (κ1) is 15.8. The van der Waals surface area contributed by atoms with Crippen molar-refractivity contribution >= 4 is 17.6 Å². The lowest BCUT2D eigenvalue weighted by Crippen LogP contribution is -2.31. The highest BCUT2D eigenvalue weighted by Gasteiger charge is 2.31. The number of ether oxygens (including phenoxy) is 2. The van der Waals surface area contributed by atoms with Gasteiger partial charge in [-0.05, 0) is 23.3 Å². The molecule has 1 aliphatic heterocycles. The highest BCUT2D eigenvalue weighted by atomic mass is 35.5. The number of methoxy groups -OCH3 is 1. The van der Waals surface area contributed by atoms with E-state index in [1.165, 1.54) is 7.11 Å². The van der Waals surface area contributed by atoms with Crippen LogP contribution in [0, 0.1) is 0 Å². The maximum Gasteiger partial charge on any atom is 0.323 e. The minimum atomic E-state index is -0.313. The quantitative estimate of drug-likeness (QED) is 0.873. The van der Waals surface area contributed by atoms with Gasteiger partial charge >= 0.3 is 5.97 Å². The third-order valence-electron chi connectivity index (χ3n) is 3.91. The van der Waals surface area contributed by atoms with Gasteiger partial charge in [0, 0.05) is 13.0 Å². The van der Waals surface area contributed by atoms with E-state index in [1.807, 2.05) is 48.5 Å². The summed E-state index contributed by atoms with van der Waals surface area (Å²) >= 11 is 6.35. The molecule has 23 heavy (non-hydrogen) atoms. The lowest BCUT2D eigenvalue weighted by atomic mass is 10.1. The Labute approximate surface area is 140 Å². The SMILES string of the molecule is COC(=O)C1CC(Oc2ccc(-c3ccccc3)cc2Cl)CN1. The molecule has 0 saturated carbocycles. The van der Waals surface area contributed by atoms with Gasteiger partial charge in [0.05, 0.1) is 12.1 Å². The van der Waals surface area contributed by atoms with Crippen molar-refractivity contribution in [3.05, 3.63) is 53.6 Å². The van der Waals surface area contributed by atoms with E-state index in [1.54, 1.807) is 0 Å². The number of benzene rings is 2. The smallest absolute Gasteiger partial charge is 0.323 e. The Balaban J connectivity index is 1.69. The lowest BCUT2D eigenvalue weighted by Gasteiger charge is -2.15. The van der Waals surface area contributed by atoms with Crippen LogP contribution in [0.4, 0.5) is 0 Å². The Bertz CT molecular complexity index is 690. The number of halogens is 1. The average molecular weight is 332 g/mol. The Morgan fingerprint density at radius 1 is 1.17 bits per heavy atom. The average Bonchev–Trinajstić information content (AvgIpc) is 3.05. The number of carbonyl (C=O) groups excluding carboxylic acids is 1. The first-order valence-corrected chi connectivity index (χ1v) is 7.88. The standard InChI is InChI=1S/C18H18ClNO3/c1-22-18(21)16-10-14(11-20-16)23-17-8-7-13(9-15(17)19)12-5-3-2-4-6-12/h2-9,14,16,20H,10-11H2,1H3. The summed E-state index contributed by atoms with van der Waals surface area (Å²) in [5.41, 5.74) is 2.15. The fraction of sp³-hybridized carbons (Fsp3) is 0.278. The maximum absolute atomic E-state index is 11.5. The van der Waals surface area contributed by atoms with E-state index in [0.29, 0.717) is 23.7 Å². The van der Waals surface area contributed by atoms with Crippen molar-refractivity contribution in [3.8, 4) is 16.9 Å². The molecule has 2 aromatic rings. The van der Waals surface area contributed by atoms with Gasteiger partial charge in [-0.15, -0.1) is 0 Å². The Morgan fingerprint density at radius 2 is 1.96 bits per heavy atom. The molecule has 0 radical (unpaired) electrons. The lowest BCUT2D eigenvalue weighted by molar-refractivity contribution is -0.142. The van der Waals surface area contributed by atoms with Gasteiger partial charge in [-0.3, -0.25) is 4.79 Å². The summed E-state index contributed by atoms with van der Waals surface area (Å²) in [7, 11) is 1.39. The van der Waals surface area contributed by atoms with Crippen LogP contribution in [0.25, 0.3) is 11.1 Å². The fourth-order valence-corrected chi connectivity index (χ4v) is 2.93. The van der Waals surface area contributed by atoms with Crippen LogP contribution in [0.2, 0.25) is 5.02 Å². The summed E-state index contributed by atoms with van der Waals surface area (Å²) in [6, 6.07) is 15.5. The third kappa shape index (κ3) is 3.66. The van der Waals surface area contributed by atoms with Gasteiger partial charge in [-0.2, -0.15) is 0 Å². The van der Waals surface area contributed by atoms with Gasteiger partial charge < -0.3 is 14.8 Å². The number of hydrogen-bond acceptors (Lipinski definition) is 4. The second-order valence-corrected chi connectivity index (χ2v) is 5.88. The molecule has 4 nitrogen and oxygen atoms in total. The first-order chi connectivity index (χ1) is 11.2. The van der Waals surface area contributed by atoms with Crippen LogP contribution in [-0.2, 0) is 9.53 Å². The summed E-state index contributed by atoms with van der Waals surface area (Å²) in [4.78, 5) is 11.5. The number of esters is 1. The van der Waals surface area contributed by atoms with Gasteiger partial charge in [0.15, 0.2) is 0 Å². The molecule has 1 aliphatic rings. The van der Waals surface area contributed by atoms with Crippen molar-refractivity contribution in [1.82, 2.24) is 5.32 Å². The van der Waals surface area contributed by atoms with Gasteiger partial charge in [0.2, 0.25) is 0 Å². The predicted octanol–water partition coefficient (Wildman–Crippen LogP) is 3.29. The van der Waals surface area contributed by atoms with Crippen LogP contribution in [0.15, 0.2) is 48.5 Å². The van der Waals surface area contributed by atoms with Crippen molar-refractivity contribution in [2.24, 2.45) is 0 Å². The minimum Gasteiger partial charge on any atom is -0.487 e. The van der Waals surface area contributed by atoms with Crippen molar-refractivity contribution < 1.29 is 14.3 Å². The normalized spacial score (nSPS) is 20.3. The van der Waals surface area contributed by atoms with Crippen molar-refractivity contribution in [1.29, 1.82) is 0 Å². The van der Waals surface area contributed by atoms with E-state index in [2.05, 4.69) is 5.32 Å². The molecule has 0 bridgehead atoms. The number of hydrogen-bond donors (Lipinski definition) is 1. The molecule has 3 rings (SSSR count). The summed E-state index contributed by atoms with van der Waals surface area (Å²) in [5, 5.41) is 3.65. The van der Waals surface area contributed by atoms with Crippen LogP contribution in [-0.4, -0.2) is 31.8 Å². The third-order valence-corrected chi connectivity index (χ3v) is 4.20. The second kappa shape index (κ2) is 7.02. The minimum absolute atomic E-state index is 0.0980. The highest BCUT2D eigenvalue weighted by Crippen LogP contribution is 2.31. The van der Waals surface area contributed by atoms with E-state index in [0.717, 1.165) is 11.1 Å². The first-order valence-electron chi connectivity index (χ1n) is 7.50. The Kier molecular flexibility index (Phi) is 4.84. The topological polar surface area (TPSA) is 47.6 Å². The summed E-state index contributed by atoms with van der Waals surface area (Å²) in [5.74, 6) is 0.366. The maximum atomic E-state index is 11.5. The van der Waals surface area contributed by atoms with Gasteiger partial charge in [-0.1, -0.05) is 48.0 Å². The second-order valence-electron chi connectivity index (χ2n) is 5.47. The molecule has 5 heteroatoms. The molecule has 2 aromatic carbocycles. The molecule has 1 heterocycles. The molecule has 0 aliphatic carbocycles. The zero-order valence-corrected chi connectivity index (χ0v) is 13.5. The molecular formula is C18H18ClNO3. The zero-order chi connectivity index (χ0) is 16.2. The van der Waals surface area contributed by atoms with E-state index < -0.39 is 0 Å². The van der Waals surface area contributed by atoms with Gasteiger partial charge in [-0.25, -0.2) is 0 Å².